The first-order chi connectivity index (χ1) is 10.6. The van der Waals surface area contributed by atoms with E-state index in [1.54, 1.807) is 0 Å². The van der Waals surface area contributed by atoms with Gasteiger partial charge in [0, 0.05) is 36.6 Å². The van der Waals surface area contributed by atoms with Crippen molar-refractivity contribution in [3.8, 4) is 0 Å². The first-order valence-electron chi connectivity index (χ1n) is 8.03. The van der Waals surface area contributed by atoms with E-state index in [0.717, 1.165) is 25.7 Å². The summed E-state index contributed by atoms with van der Waals surface area (Å²) in [5.41, 5.74) is 0. The standard InChI is InChI=1S/C16H25N3O3/c1-11(2)16-19-18-15(22-16)9-8-14(21)17-13-7-5-3-4-6-12(13)10-20/h8-9,11-13,20H,3-7,10H2,1-2H3,(H,17,21)/b9-8+. The highest BCUT2D eigenvalue weighted by atomic mass is 16.4. The van der Waals surface area contributed by atoms with Gasteiger partial charge in [-0.3, -0.25) is 4.79 Å². The van der Waals surface area contributed by atoms with Crippen molar-refractivity contribution in [1.82, 2.24) is 15.5 Å². The van der Waals surface area contributed by atoms with Gasteiger partial charge in [0.15, 0.2) is 0 Å². The Morgan fingerprint density at radius 3 is 2.82 bits per heavy atom. The molecule has 6 heteroatoms. The lowest BCUT2D eigenvalue weighted by Crippen LogP contribution is -2.40. The molecule has 0 aromatic carbocycles. The van der Waals surface area contributed by atoms with Gasteiger partial charge in [0.2, 0.25) is 17.7 Å². The highest BCUT2D eigenvalue weighted by Crippen LogP contribution is 2.23. The molecule has 2 unspecified atom stereocenters. The van der Waals surface area contributed by atoms with Crippen molar-refractivity contribution in [2.45, 2.75) is 57.9 Å². The first-order valence-corrected chi connectivity index (χ1v) is 8.03. The predicted molar refractivity (Wildman–Crippen MR) is 83.0 cm³/mol. The van der Waals surface area contributed by atoms with Crippen LogP contribution < -0.4 is 5.32 Å². The molecule has 2 rings (SSSR count). The van der Waals surface area contributed by atoms with Gasteiger partial charge in [-0.25, -0.2) is 0 Å². The van der Waals surface area contributed by atoms with Gasteiger partial charge in [0.05, 0.1) is 0 Å². The number of amides is 1. The zero-order chi connectivity index (χ0) is 15.9. The second kappa shape index (κ2) is 8.08. The van der Waals surface area contributed by atoms with E-state index in [1.807, 2.05) is 13.8 Å². The van der Waals surface area contributed by atoms with Crippen molar-refractivity contribution < 1.29 is 14.3 Å². The maximum atomic E-state index is 12.0. The second-order valence-corrected chi connectivity index (χ2v) is 6.16. The van der Waals surface area contributed by atoms with Gasteiger partial charge in [-0.1, -0.05) is 33.1 Å². The van der Waals surface area contributed by atoms with Crippen LogP contribution in [0.5, 0.6) is 0 Å². The van der Waals surface area contributed by atoms with E-state index in [4.69, 9.17) is 4.42 Å². The van der Waals surface area contributed by atoms with Crippen molar-refractivity contribution in [3.63, 3.8) is 0 Å². The number of nitrogens with one attached hydrogen (secondary N) is 1. The Labute approximate surface area is 131 Å². The fourth-order valence-electron chi connectivity index (χ4n) is 2.72. The molecule has 1 amide bonds. The molecule has 1 aromatic rings. The van der Waals surface area contributed by atoms with Crippen molar-refractivity contribution in [3.05, 3.63) is 17.9 Å². The number of rotatable bonds is 5. The zero-order valence-electron chi connectivity index (χ0n) is 13.3. The highest BCUT2D eigenvalue weighted by Gasteiger charge is 2.23. The number of carbonyl (C=O) groups excluding carboxylic acids is 1. The molecule has 0 aliphatic heterocycles. The normalized spacial score (nSPS) is 22.9. The summed E-state index contributed by atoms with van der Waals surface area (Å²) >= 11 is 0. The number of hydrogen-bond donors (Lipinski definition) is 2. The zero-order valence-corrected chi connectivity index (χ0v) is 13.3. The Hall–Kier alpha value is -1.69. The van der Waals surface area contributed by atoms with Crippen LogP contribution in [0.4, 0.5) is 0 Å². The van der Waals surface area contributed by atoms with E-state index in [0.29, 0.717) is 11.8 Å². The van der Waals surface area contributed by atoms with Crippen LogP contribution in [-0.4, -0.2) is 33.9 Å². The van der Waals surface area contributed by atoms with Gasteiger partial charge in [-0.05, 0) is 12.8 Å². The highest BCUT2D eigenvalue weighted by molar-refractivity contribution is 5.91. The van der Waals surface area contributed by atoms with Crippen LogP contribution in [0, 0.1) is 5.92 Å². The Morgan fingerprint density at radius 2 is 2.14 bits per heavy atom. The fourth-order valence-corrected chi connectivity index (χ4v) is 2.72. The van der Waals surface area contributed by atoms with Crippen LogP contribution in [0.15, 0.2) is 10.5 Å². The summed E-state index contributed by atoms with van der Waals surface area (Å²) in [6, 6.07) is 0.0403. The molecule has 122 valence electrons. The molecule has 1 aliphatic rings. The van der Waals surface area contributed by atoms with E-state index in [2.05, 4.69) is 15.5 Å². The van der Waals surface area contributed by atoms with Crippen LogP contribution >= 0.6 is 0 Å². The van der Waals surface area contributed by atoms with Crippen LogP contribution in [0.1, 0.15) is 63.7 Å². The van der Waals surface area contributed by atoms with Crippen LogP contribution in [0.25, 0.3) is 6.08 Å². The molecule has 6 nitrogen and oxygen atoms in total. The number of carbonyl (C=O) groups is 1. The van der Waals surface area contributed by atoms with Crippen molar-refractivity contribution in [1.29, 1.82) is 0 Å². The summed E-state index contributed by atoms with van der Waals surface area (Å²) in [5, 5.41) is 20.2. The number of aliphatic hydroxyl groups is 1. The minimum Gasteiger partial charge on any atom is -0.421 e. The molecular formula is C16H25N3O3. The lowest BCUT2D eigenvalue weighted by Gasteiger charge is -2.23. The third-order valence-corrected chi connectivity index (χ3v) is 4.05. The topological polar surface area (TPSA) is 88.2 Å². The number of aliphatic hydroxyl groups excluding tert-OH is 1. The molecule has 0 spiro atoms. The van der Waals surface area contributed by atoms with Crippen LogP contribution in [0.2, 0.25) is 0 Å². The fraction of sp³-hybridized carbons (Fsp3) is 0.688. The van der Waals surface area contributed by atoms with E-state index in [-0.39, 0.29) is 30.4 Å². The third-order valence-electron chi connectivity index (χ3n) is 4.05. The minimum atomic E-state index is -0.186. The third kappa shape index (κ3) is 4.66. The SMILES string of the molecule is CC(C)c1nnc(/C=C/C(=O)NC2CCCCCC2CO)o1. The molecule has 22 heavy (non-hydrogen) atoms. The first kappa shape index (κ1) is 16.7. The Kier molecular flexibility index (Phi) is 6.12. The lowest BCUT2D eigenvalue weighted by atomic mass is 9.95. The monoisotopic (exact) mass is 307 g/mol. The summed E-state index contributed by atoms with van der Waals surface area (Å²) in [7, 11) is 0. The largest absolute Gasteiger partial charge is 0.421 e. The van der Waals surface area contributed by atoms with Gasteiger partial charge in [0.25, 0.3) is 0 Å². The molecule has 1 aliphatic carbocycles. The molecular weight excluding hydrogens is 282 g/mol. The molecule has 2 atom stereocenters. The molecule has 1 saturated carbocycles. The molecule has 2 N–H and O–H groups in total. The number of aromatic nitrogens is 2. The molecule has 0 radical (unpaired) electrons. The van der Waals surface area contributed by atoms with E-state index in [9.17, 15) is 9.90 Å². The molecule has 1 fully saturated rings. The molecule has 0 bridgehead atoms. The Balaban J connectivity index is 1.91. The van der Waals surface area contributed by atoms with Gasteiger partial charge in [0.1, 0.15) is 0 Å². The Bertz CT molecular complexity index is 510. The molecule has 1 aromatic heterocycles. The quantitative estimate of drug-likeness (QED) is 0.643. The average Bonchev–Trinajstić information content (AvgIpc) is 2.86. The van der Waals surface area contributed by atoms with Crippen LogP contribution in [-0.2, 0) is 4.79 Å². The van der Waals surface area contributed by atoms with Gasteiger partial charge >= 0.3 is 0 Å². The summed E-state index contributed by atoms with van der Waals surface area (Å²) in [6.45, 7) is 4.06. The number of nitrogens with zero attached hydrogens (tertiary/aromatic N) is 2. The van der Waals surface area contributed by atoms with Gasteiger partial charge < -0.3 is 14.8 Å². The smallest absolute Gasteiger partial charge is 0.244 e. The summed E-state index contributed by atoms with van der Waals surface area (Å²) in [4.78, 5) is 12.0. The van der Waals surface area contributed by atoms with Crippen LogP contribution in [0.3, 0.4) is 0 Å². The van der Waals surface area contributed by atoms with Gasteiger partial charge in [-0.15, -0.1) is 10.2 Å². The maximum Gasteiger partial charge on any atom is 0.244 e. The number of hydrogen-bond acceptors (Lipinski definition) is 5. The van der Waals surface area contributed by atoms with Crippen molar-refractivity contribution >= 4 is 12.0 Å². The lowest BCUT2D eigenvalue weighted by molar-refractivity contribution is -0.117. The minimum absolute atomic E-state index is 0.0403. The van der Waals surface area contributed by atoms with Crippen molar-refractivity contribution in [2.24, 2.45) is 5.92 Å². The summed E-state index contributed by atoms with van der Waals surface area (Å²) in [5.74, 6) is 1.02. The second-order valence-electron chi connectivity index (χ2n) is 6.16. The van der Waals surface area contributed by atoms with E-state index >= 15 is 0 Å². The Morgan fingerprint density at radius 1 is 1.36 bits per heavy atom. The van der Waals surface area contributed by atoms with Gasteiger partial charge in [-0.2, -0.15) is 0 Å². The predicted octanol–water partition coefficient (Wildman–Crippen LogP) is 2.26. The summed E-state index contributed by atoms with van der Waals surface area (Å²) in [6.07, 6.45) is 8.20. The average molecular weight is 307 g/mol. The maximum absolute atomic E-state index is 12.0. The molecule has 1 heterocycles. The molecule has 0 saturated heterocycles. The summed E-state index contributed by atoms with van der Waals surface area (Å²) < 4.78 is 5.42. The van der Waals surface area contributed by atoms with E-state index in [1.165, 1.54) is 18.6 Å². The van der Waals surface area contributed by atoms with Crippen molar-refractivity contribution in [2.75, 3.05) is 6.61 Å². The van der Waals surface area contributed by atoms with E-state index < -0.39 is 0 Å².